The number of carbonyl (C=O) groups excluding carboxylic acids is 1. The van der Waals surface area contributed by atoms with Crippen LogP contribution in [0.2, 0.25) is 0 Å². The van der Waals surface area contributed by atoms with Crippen LogP contribution < -0.4 is 10.9 Å². The van der Waals surface area contributed by atoms with Crippen molar-refractivity contribution in [2.75, 3.05) is 13.2 Å². The predicted molar refractivity (Wildman–Crippen MR) is 121 cm³/mol. The van der Waals surface area contributed by atoms with Crippen LogP contribution in [0, 0.1) is 0 Å². The first kappa shape index (κ1) is 20.8. The summed E-state index contributed by atoms with van der Waals surface area (Å²) < 4.78 is 8.85. The Morgan fingerprint density at radius 2 is 1.90 bits per heavy atom. The molecule has 0 unspecified atom stereocenters. The van der Waals surface area contributed by atoms with E-state index in [9.17, 15) is 9.59 Å². The number of fused-ring (bicyclic) bond motifs is 2. The molecule has 31 heavy (non-hydrogen) atoms. The van der Waals surface area contributed by atoms with Crippen molar-refractivity contribution in [2.45, 2.75) is 32.9 Å². The minimum atomic E-state index is -0.230. The van der Waals surface area contributed by atoms with Gasteiger partial charge in [-0.1, -0.05) is 36.4 Å². The Bertz CT molecular complexity index is 1260. The zero-order valence-corrected chi connectivity index (χ0v) is 17.7. The monoisotopic (exact) mass is 418 g/mol. The predicted octanol–water partition coefficient (Wildman–Crippen LogP) is 3.24. The van der Waals surface area contributed by atoms with Crippen LogP contribution in [-0.4, -0.2) is 39.1 Å². The summed E-state index contributed by atoms with van der Waals surface area (Å²) in [5, 5.41) is 3.37. The van der Waals surface area contributed by atoms with Gasteiger partial charge in [-0.3, -0.25) is 14.0 Å². The van der Waals surface area contributed by atoms with E-state index in [4.69, 9.17) is 9.72 Å². The van der Waals surface area contributed by atoms with Crippen LogP contribution in [0.25, 0.3) is 16.7 Å². The van der Waals surface area contributed by atoms with Crippen molar-refractivity contribution in [1.82, 2.24) is 19.3 Å². The summed E-state index contributed by atoms with van der Waals surface area (Å²) in [6.45, 7) is 5.48. The molecule has 7 nitrogen and oxygen atoms in total. The molecule has 1 aromatic carbocycles. The molecule has 0 saturated heterocycles. The Balaban J connectivity index is 1.71. The molecule has 3 aromatic heterocycles. The molecule has 0 saturated carbocycles. The van der Waals surface area contributed by atoms with Crippen molar-refractivity contribution in [2.24, 2.45) is 0 Å². The average Bonchev–Trinajstić information content (AvgIpc) is 3.13. The Hall–Kier alpha value is -3.45. The molecule has 0 fully saturated rings. The van der Waals surface area contributed by atoms with Crippen molar-refractivity contribution >= 4 is 22.6 Å². The molecule has 3 heterocycles. The van der Waals surface area contributed by atoms with Crippen LogP contribution in [0.15, 0.2) is 65.6 Å². The molecule has 0 aliphatic rings. The number of ether oxygens (including phenoxy) is 1. The Morgan fingerprint density at radius 3 is 2.68 bits per heavy atom. The second-order valence-corrected chi connectivity index (χ2v) is 7.71. The number of carbonyl (C=O) groups is 1. The highest BCUT2D eigenvalue weighted by Gasteiger charge is 2.19. The highest BCUT2D eigenvalue weighted by molar-refractivity contribution is 5.98. The van der Waals surface area contributed by atoms with Crippen LogP contribution in [0.5, 0.6) is 0 Å². The van der Waals surface area contributed by atoms with Gasteiger partial charge in [0.15, 0.2) is 0 Å². The molecule has 1 amide bonds. The fourth-order valence-corrected chi connectivity index (χ4v) is 3.55. The van der Waals surface area contributed by atoms with E-state index in [1.807, 2.05) is 54.8 Å². The molecule has 0 bridgehead atoms. The van der Waals surface area contributed by atoms with Gasteiger partial charge in [-0.2, -0.15) is 0 Å². The number of hydrogen-bond donors (Lipinski definition) is 1. The maximum atomic E-state index is 13.1. The van der Waals surface area contributed by atoms with Gasteiger partial charge in [0.1, 0.15) is 17.0 Å². The summed E-state index contributed by atoms with van der Waals surface area (Å²) in [6, 6.07) is 16.9. The number of rotatable bonds is 8. The molecule has 7 heteroatoms. The molecule has 0 radical (unpaired) electrons. The summed E-state index contributed by atoms with van der Waals surface area (Å²) in [5.74, 6) is -0.230. The van der Waals surface area contributed by atoms with Crippen LogP contribution in [0.3, 0.4) is 0 Å². The molecule has 0 aliphatic carbocycles. The third kappa shape index (κ3) is 4.51. The van der Waals surface area contributed by atoms with E-state index in [0.29, 0.717) is 48.5 Å². The number of aromatic nitrogens is 3. The molecule has 160 valence electrons. The maximum Gasteiger partial charge on any atom is 0.268 e. The molecule has 4 aromatic rings. The van der Waals surface area contributed by atoms with Gasteiger partial charge in [0.05, 0.1) is 11.5 Å². The minimum absolute atomic E-state index is 0.164. The van der Waals surface area contributed by atoms with Crippen molar-refractivity contribution in [1.29, 1.82) is 0 Å². The van der Waals surface area contributed by atoms with E-state index in [1.54, 1.807) is 24.4 Å². The second-order valence-electron chi connectivity index (χ2n) is 7.71. The van der Waals surface area contributed by atoms with Gasteiger partial charge in [0, 0.05) is 25.9 Å². The van der Waals surface area contributed by atoms with Crippen molar-refractivity contribution < 1.29 is 9.53 Å². The molecule has 0 spiro atoms. The summed E-state index contributed by atoms with van der Waals surface area (Å²) in [7, 11) is 0. The Morgan fingerprint density at radius 1 is 1.13 bits per heavy atom. The summed E-state index contributed by atoms with van der Waals surface area (Å²) >= 11 is 0. The van der Waals surface area contributed by atoms with Gasteiger partial charge < -0.3 is 14.6 Å². The minimum Gasteiger partial charge on any atom is -0.379 e. The summed E-state index contributed by atoms with van der Waals surface area (Å²) in [6.07, 6.45) is 2.57. The van der Waals surface area contributed by atoms with E-state index in [0.717, 1.165) is 5.56 Å². The lowest BCUT2D eigenvalue weighted by Crippen LogP contribution is -2.28. The lowest BCUT2D eigenvalue weighted by molar-refractivity contribution is 0.0756. The quantitative estimate of drug-likeness (QED) is 0.446. The summed E-state index contributed by atoms with van der Waals surface area (Å²) in [5.41, 5.74) is 2.31. The third-order valence-electron chi connectivity index (χ3n) is 5.05. The molecule has 0 aliphatic heterocycles. The van der Waals surface area contributed by atoms with Gasteiger partial charge in [-0.25, -0.2) is 4.98 Å². The number of nitrogens with zero attached hydrogens (tertiary/aromatic N) is 3. The van der Waals surface area contributed by atoms with E-state index >= 15 is 0 Å². The maximum absolute atomic E-state index is 13.1. The zero-order chi connectivity index (χ0) is 21.8. The largest absolute Gasteiger partial charge is 0.379 e. The molecule has 4 rings (SSSR count). The van der Waals surface area contributed by atoms with Crippen LogP contribution >= 0.6 is 0 Å². The van der Waals surface area contributed by atoms with E-state index in [1.165, 1.54) is 4.40 Å². The summed E-state index contributed by atoms with van der Waals surface area (Å²) in [4.78, 5) is 30.8. The molecular weight excluding hydrogens is 392 g/mol. The van der Waals surface area contributed by atoms with Crippen molar-refractivity contribution in [3.63, 3.8) is 0 Å². The first-order chi connectivity index (χ1) is 15.0. The Kier molecular flexibility index (Phi) is 6.13. The normalized spacial score (nSPS) is 11.5. The van der Waals surface area contributed by atoms with Crippen LogP contribution in [0.4, 0.5) is 0 Å². The number of hydrogen-bond acceptors (Lipinski definition) is 4. The third-order valence-corrected chi connectivity index (χ3v) is 5.05. The fourth-order valence-electron chi connectivity index (χ4n) is 3.55. The highest BCUT2D eigenvalue weighted by atomic mass is 16.5. The second kappa shape index (κ2) is 9.14. The van der Waals surface area contributed by atoms with Gasteiger partial charge in [-0.05, 0) is 44.0 Å². The van der Waals surface area contributed by atoms with Gasteiger partial charge >= 0.3 is 0 Å². The fraction of sp³-hybridized carbons (Fsp3) is 0.292. The Labute approximate surface area is 180 Å². The van der Waals surface area contributed by atoms with Crippen molar-refractivity contribution in [3.8, 4) is 0 Å². The van der Waals surface area contributed by atoms with Gasteiger partial charge in [0.2, 0.25) is 0 Å². The number of amides is 1. The first-order valence-corrected chi connectivity index (χ1v) is 10.5. The van der Waals surface area contributed by atoms with Crippen molar-refractivity contribution in [3.05, 3.63) is 82.4 Å². The molecule has 1 N–H and O–H groups in total. The highest BCUT2D eigenvalue weighted by Crippen LogP contribution is 2.18. The van der Waals surface area contributed by atoms with Crippen LogP contribution in [0.1, 0.15) is 36.3 Å². The lowest BCUT2D eigenvalue weighted by Gasteiger charge is -2.12. The zero-order valence-electron chi connectivity index (χ0n) is 17.7. The topological polar surface area (TPSA) is 77.6 Å². The number of nitrogens with one attached hydrogen (secondary N) is 1. The van der Waals surface area contributed by atoms with E-state index in [2.05, 4.69) is 5.32 Å². The van der Waals surface area contributed by atoms with Crippen LogP contribution in [-0.2, 0) is 11.3 Å². The smallest absolute Gasteiger partial charge is 0.268 e. The number of benzene rings is 1. The standard InChI is InChI=1S/C24H26N4O3/c1-17(2)31-14-8-12-25-23(29)20-15-19-22(28(20)16-18-9-4-3-5-10-18)26-21-11-6-7-13-27(21)24(19)30/h3-7,9-11,13,15,17H,8,12,14,16H2,1-2H3,(H,25,29). The van der Waals surface area contributed by atoms with Gasteiger partial charge in [-0.15, -0.1) is 0 Å². The lowest BCUT2D eigenvalue weighted by atomic mass is 10.2. The molecular formula is C24H26N4O3. The van der Waals surface area contributed by atoms with E-state index < -0.39 is 0 Å². The number of pyridine rings is 1. The SMILES string of the molecule is CC(C)OCCCNC(=O)c1cc2c(=O)n3ccccc3nc2n1Cc1ccccc1. The first-order valence-electron chi connectivity index (χ1n) is 10.5. The average molecular weight is 418 g/mol. The molecule has 0 atom stereocenters. The van der Waals surface area contributed by atoms with Gasteiger partial charge in [0.25, 0.3) is 11.5 Å². The van der Waals surface area contributed by atoms with E-state index in [-0.39, 0.29) is 17.6 Å².